The van der Waals surface area contributed by atoms with Crippen LogP contribution in [0.5, 0.6) is 5.75 Å². The summed E-state index contributed by atoms with van der Waals surface area (Å²) in [4.78, 5) is 24.0. The van der Waals surface area contributed by atoms with Crippen molar-refractivity contribution in [2.45, 2.75) is 141 Å². The number of carbonyl (C=O) groups is 1. The Labute approximate surface area is 357 Å². The lowest BCUT2D eigenvalue weighted by Crippen LogP contribution is -2.38. The highest BCUT2D eigenvalue weighted by molar-refractivity contribution is 7.47. The zero-order valence-corrected chi connectivity index (χ0v) is 38.0. The number of nitrogens with zero attached hydrogens (tertiary/aromatic N) is 1. The van der Waals surface area contributed by atoms with Crippen molar-refractivity contribution < 1.29 is 42.0 Å². The number of carbonyl (C=O) groups excluding carboxylic acids is 1. The van der Waals surface area contributed by atoms with Crippen LogP contribution in [0.15, 0.2) is 84.9 Å². The molecular weight excluding hydrogens is 762 g/mol. The van der Waals surface area contributed by atoms with E-state index in [0.29, 0.717) is 24.1 Å². The van der Waals surface area contributed by atoms with Crippen LogP contribution in [0.2, 0.25) is 0 Å². The molecule has 0 aliphatic heterocycles. The van der Waals surface area contributed by atoms with Crippen molar-refractivity contribution >= 4 is 13.8 Å². The van der Waals surface area contributed by atoms with E-state index in [2.05, 4.69) is 13.8 Å². The van der Waals surface area contributed by atoms with Gasteiger partial charge in [0.2, 0.25) is 0 Å². The smallest absolute Gasteiger partial charge is 0.472 e. The molecule has 3 aromatic carbocycles. The maximum atomic E-state index is 13.4. The van der Waals surface area contributed by atoms with Gasteiger partial charge in [-0.15, -0.1) is 0 Å². The van der Waals surface area contributed by atoms with Crippen LogP contribution in [-0.4, -0.2) is 75.6 Å². The Hall–Kier alpha value is -3.04. The first-order valence-electron chi connectivity index (χ1n) is 22.6. The summed E-state index contributed by atoms with van der Waals surface area (Å²) >= 11 is 0. The fourth-order valence-corrected chi connectivity index (χ4v) is 7.85. The van der Waals surface area contributed by atoms with Gasteiger partial charge in [-0.2, -0.15) is 0 Å². The molecule has 0 saturated carbocycles. The number of ether oxygens (including phenoxy) is 3. The molecule has 0 fully saturated rings. The summed E-state index contributed by atoms with van der Waals surface area (Å²) in [5.41, 5.74) is 1.46. The van der Waals surface area contributed by atoms with Crippen LogP contribution in [0.1, 0.15) is 146 Å². The standard InChI is InChI=1S/C49H76NO8P/c1-6-8-10-12-13-14-15-16-17-18-19-20-27-33-48(51)58-47(42-57-59(52,53)56-40-38-50(3,4)5)41-55-49(43-29-23-21-24-30-43,44-31-25-22-26-32-44)45-34-36-46(37-35-45)54-39-28-11-9-7-2/h21-26,29-32,34-37,47H,6-20,27-28,33,38-42H2,1-5H3/p+1/t47-/m1/s1. The SMILES string of the molecule is CCCCCCCCCCCCCCCC(=O)O[C@H](COC(c1ccccc1)(c1ccccc1)c1ccc(OCCCCCC)cc1)COP(=O)(O)OCC[N+](C)(C)C. The predicted molar refractivity (Wildman–Crippen MR) is 240 cm³/mol. The third kappa shape index (κ3) is 20.4. The Bertz CT molecular complexity index is 1520. The Kier molecular flexibility index (Phi) is 24.3. The van der Waals surface area contributed by atoms with Crippen LogP contribution in [0, 0.1) is 0 Å². The number of phosphoric acid groups is 1. The van der Waals surface area contributed by atoms with Crippen LogP contribution in [0.3, 0.4) is 0 Å². The molecule has 0 spiro atoms. The van der Waals surface area contributed by atoms with E-state index in [-0.39, 0.29) is 26.2 Å². The normalized spacial score (nSPS) is 13.5. The topological polar surface area (TPSA) is 101 Å². The molecule has 3 aromatic rings. The van der Waals surface area contributed by atoms with Gasteiger partial charge in [-0.1, -0.05) is 183 Å². The molecule has 59 heavy (non-hydrogen) atoms. The summed E-state index contributed by atoms with van der Waals surface area (Å²) in [6.07, 6.45) is 19.5. The lowest BCUT2D eigenvalue weighted by Gasteiger charge is -2.37. The molecule has 0 amide bonds. The summed E-state index contributed by atoms with van der Waals surface area (Å²) in [6, 6.07) is 27.8. The average Bonchev–Trinajstić information content (AvgIpc) is 3.22. The molecule has 2 atom stereocenters. The second-order valence-electron chi connectivity index (χ2n) is 16.9. The molecule has 1 unspecified atom stereocenters. The molecule has 0 heterocycles. The minimum atomic E-state index is -4.46. The Morgan fingerprint density at radius 2 is 1.08 bits per heavy atom. The largest absolute Gasteiger partial charge is 0.494 e. The van der Waals surface area contributed by atoms with Crippen LogP contribution in [0.25, 0.3) is 0 Å². The number of hydrogen-bond donors (Lipinski definition) is 1. The van der Waals surface area contributed by atoms with Crippen molar-refractivity contribution in [3.05, 3.63) is 102 Å². The lowest BCUT2D eigenvalue weighted by molar-refractivity contribution is -0.870. The summed E-state index contributed by atoms with van der Waals surface area (Å²) in [7, 11) is 1.45. The molecule has 9 nitrogen and oxygen atoms in total. The summed E-state index contributed by atoms with van der Waals surface area (Å²) in [5, 5.41) is 0. The highest BCUT2D eigenvalue weighted by atomic mass is 31.2. The summed E-state index contributed by atoms with van der Waals surface area (Å²) < 4.78 is 43.5. The zero-order chi connectivity index (χ0) is 42.7. The molecule has 10 heteroatoms. The molecule has 0 aliphatic rings. The molecule has 0 saturated heterocycles. The van der Waals surface area contributed by atoms with Crippen molar-refractivity contribution in [1.82, 2.24) is 0 Å². The van der Waals surface area contributed by atoms with E-state index in [1.54, 1.807) is 0 Å². The van der Waals surface area contributed by atoms with Gasteiger partial charge in [-0.05, 0) is 41.7 Å². The van der Waals surface area contributed by atoms with E-state index in [1.165, 1.54) is 77.0 Å². The van der Waals surface area contributed by atoms with Gasteiger partial charge in [0.05, 0.1) is 41.0 Å². The molecule has 3 rings (SSSR count). The van der Waals surface area contributed by atoms with Gasteiger partial charge in [0, 0.05) is 6.42 Å². The number of phosphoric ester groups is 1. The van der Waals surface area contributed by atoms with E-state index in [1.807, 2.05) is 106 Å². The maximum Gasteiger partial charge on any atom is 0.472 e. The minimum Gasteiger partial charge on any atom is -0.494 e. The number of hydrogen-bond acceptors (Lipinski definition) is 7. The van der Waals surface area contributed by atoms with Gasteiger partial charge >= 0.3 is 13.8 Å². The van der Waals surface area contributed by atoms with Gasteiger partial charge in [0.25, 0.3) is 0 Å². The predicted octanol–water partition coefficient (Wildman–Crippen LogP) is 12.2. The van der Waals surface area contributed by atoms with E-state index >= 15 is 0 Å². The van der Waals surface area contributed by atoms with Crippen molar-refractivity contribution in [3.63, 3.8) is 0 Å². The number of unbranched alkanes of at least 4 members (excludes halogenated alkanes) is 15. The fourth-order valence-electron chi connectivity index (χ4n) is 7.11. The minimum absolute atomic E-state index is 0.0286. The molecule has 1 N–H and O–H groups in total. The van der Waals surface area contributed by atoms with Crippen LogP contribution in [-0.2, 0) is 33.5 Å². The summed E-state index contributed by atoms with van der Waals surface area (Å²) in [6.45, 7) is 5.13. The fraction of sp³-hybridized carbons (Fsp3) is 0.612. The Morgan fingerprint density at radius 1 is 0.610 bits per heavy atom. The number of esters is 1. The second kappa shape index (κ2) is 28.5. The van der Waals surface area contributed by atoms with Gasteiger partial charge in [-0.3, -0.25) is 13.8 Å². The molecule has 330 valence electrons. The van der Waals surface area contributed by atoms with Gasteiger partial charge in [0.1, 0.15) is 30.6 Å². The van der Waals surface area contributed by atoms with Crippen LogP contribution < -0.4 is 4.74 Å². The average molecular weight is 839 g/mol. The van der Waals surface area contributed by atoms with Crippen molar-refractivity contribution in [1.29, 1.82) is 0 Å². The number of benzene rings is 3. The van der Waals surface area contributed by atoms with E-state index in [0.717, 1.165) is 48.1 Å². The number of likely N-dealkylation sites (N-methyl/N-ethyl adjacent to an activating group) is 1. The maximum absolute atomic E-state index is 13.4. The lowest BCUT2D eigenvalue weighted by atomic mass is 9.80. The van der Waals surface area contributed by atoms with Crippen molar-refractivity contribution in [2.75, 3.05) is 54.1 Å². The molecule has 0 aromatic heterocycles. The van der Waals surface area contributed by atoms with Gasteiger partial charge < -0.3 is 23.6 Å². The Balaban J connectivity index is 1.74. The van der Waals surface area contributed by atoms with Crippen LogP contribution in [0.4, 0.5) is 0 Å². The molecule has 0 radical (unpaired) electrons. The quantitative estimate of drug-likeness (QED) is 0.0209. The highest BCUT2D eigenvalue weighted by Crippen LogP contribution is 2.44. The monoisotopic (exact) mass is 839 g/mol. The first kappa shape index (κ1) is 50.3. The zero-order valence-electron chi connectivity index (χ0n) is 37.1. The van der Waals surface area contributed by atoms with E-state index < -0.39 is 25.5 Å². The third-order valence-corrected chi connectivity index (χ3v) is 11.6. The molecule has 0 aliphatic carbocycles. The van der Waals surface area contributed by atoms with Gasteiger partial charge in [-0.25, -0.2) is 4.57 Å². The first-order valence-corrected chi connectivity index (χ1v) is 24.1. The Morgan fingerprint density at radius 3 is 1.59 bits per heavy atom. The van der Waals surface area contributed by atoms with Gasteiger partial charge in [0.15, 0.2) is 0 Å². The summed E-state index contributed by atoms with van der Waals surface area (Å²) in [5.74, 6) is 0.382. The van der Waals surface area contributed by atoms with Crippen molar-refractivity contribution in [3.8, 4) is 5.75 Å². The highest BCUT2D eigenvalue weighted by Gasteiger charge is 2.39. The number of quaternary nitrogens is 1. The first-order chi connectivity index (χ1) is 28.5. The number of rotatable bonds is 34. The van der Waals surface area contributed by atoms with Crippen molar-refractivity contribution in [2.24, 2.45) is 0 Å². The molecular formula is C49H77NO8P+. The van der Waals surface area contributed by atoms with E-state index in [9.17, 15) is 14.3 Å². The molecule has 0 bridgehead atoms. The van der Waals surface area contributed by atoms with Crippen LogP contribution >= 0.6 is 7.82 Å². The second-order valence-corrected chi connectivity index (χ2v) is 18.3. The van der Waals surface area contributed by atoms with E-state index in [4.69, 9.17) is 23.3 Å². The third-order valence-electron chi connectivity index (χ3n) is 10.6.